The van der Waals surface area contributed by atoms with Crippen molar-refractivity contribution in [1.29, 1.82) is 0 Å². The Morgan fingerprint density at radius 1 is 1.11 bits per heavy atom. The highest BCUT2D eigenvalue weighted by Gasteiger charge is 2.31. The molecule has 0 unspecified atom stereocenters. The first-order valence-electron chi connectivity index (χ1n) is 8.47. The Hall–Kier alpha value is -2.49. The van der Waals surface area contributed by atoms with Gasteiger partial charge in [0.1, 0.15) is 0 Å². The lowest BCUT2D eigenvalue weighted by Crippen LogP contribution is -2.51. The molecule has 28 heavy (non-hydrogen) atoms. The van der Waals surface area contributed by atoms with E-state index in [4.69, 9.17) is 4.42 Å². The lowest BCUT2D eigenvalue weighted by molar-refractivity contribution is -0.137. The van der Waals surface area contributed by atoms with Gasteiger partial charge in [0.25, 0.3) is 5.91 Å². The molecule has 1 aliphatic rings. The second kappa shape index (κ2) is 8.26. The van der Waals surface area contributed by atoms with Gasteiger partial charge in [-0.3, -0.25) is 9.59 Å². The van der Waals surface area contributed by atoms with Crippen molar-refractivity contribution >= 4 is 33.4 Å². The van der Waals surface area contributed by atoms with Crippen LogP contribution in [-0.4, -0.2) is 49.4 Å². The number of rotatable bonds is 4. The van der Waals surface area contributed by atoms with Crippen molar-refractivity contribution in [3.05, 3.63) is 52.4 Å². The van der Waals surface area contributed by atoms with Crippen LogP contribution in [0.25, 0.3) is 0 Å². The van der Waals surface area contributed by atoms with Crippen molar-refractivity contribution in [2.75, 3.05) is 37.6 Å². The minimum absolute atomic E-state index is 0.0917. The minimum Gasteiger partial charge on any atom is -0.444 e. The summed E-state index contributed by atoms with van der Waals surface area (Å²) in [5.74, 6) is -0.668. The average molecular weight is 460 g/mol. The average Bonchev–Trinajstić information content (AvgIpc) is 3.12. The van der Waals surface area contributed by atoms with Crippen LogP contribution in [0.4, 0.5) is 18.9 Å². The predicted octanol–water partition coefficient (Wildman–Crippen LogP) is 3.14. The summed E-state index contributed by atoms with van der Waals surface area (Å²) >= 11 is 3.09. The molecular weight excluding hydrogens is 443 g/mol. The first-order chi connectivity index (χ1) is 13.2. The Morgan fingerprint density at radius 3 is 2.43 bits per heavy atom. The number of hydrogen-bond donors (Lipinski definition) is 1. The fourth-order valence-electron chi connectivity index (χ4n) is 2.88. The molecule has 2 heterocycles. The topological polar surface area (TPSA) is 65.8 Å². The molecule has 0 atom stereocenters. The monoisotopic (exact) mass is 459 g/mol. The summed E-state index contributed by atoms with van der Waals surface area (Å²) in [6.45, 7) is 1.35. The van der Waals surface area contributed by atoms with E-state index in [0.717, 1.165) is 12.1 Å². The zero-order chi connectivity index (χ0) is 20.3. The minimum atomic E-state index is -4.39. The van der Waals surface area contributed by atoms with E-state index in [1.165, 1.54) is 12.1 Å². The SMILES string of the molecule is O=C(NCC(=O)N1CCN(c2cccc(C(F)(F)F)c2)CC1)c1ccc(Br)o1. The second-order valence-electron chi connectivity index (χ2n) is 6.20. The van der Waals surface area contributed by atoms with Crippen molar-refractivity contribution < 1.29 is 27.2 Å². The van der Waals surface area contributed by atoms with Gasteiger partial charge < -0.3 is 19.5 Å². The molecule has 1 saturated heterocycles. The first kappa shape index (κ1) is 20.2. The lowest BCUT2D eigenvalue weighted by Gasteiger charge is -2.36. The van der Waals surface area contributed by atoms with E-state index >= 15 is 0 Å². The van der Waals surface area contributed by atoms with E-state index in [1.54, 1.807) is 21.9 Å². The largest absolute Gasteiger partial charge is 0.444 e. The highest BCUT2D eigenvalue weighted by atomic mass is 79.9. The number of anilines is 1. The Kier molecular flexibility index (Phi) is 5.97. The molecule has 0 radical (unpaired) electrons. The van der Waals surface area contributed by atoms with Crippen LogP contribution < -0.4 is 10.2 Å². The van der Waals surface area contributed by atoms with Gasteiger partial charge in [0.05, 0.1) is 12.1 Å². The molecule has 1 aromatic carbocycles. The standard InChI is InChI=1S/C18H17BrF3N3O3/c19-15-5-4-14(28-15)17(27)23-11-16(26)25-8-6-24(7-9-25)13-3-1-2-12(10-13)18(20,21)22/h1-5,10H,6-9,11H2,(H,23,27). The maximum atomic E-state index is 12.9. The van der Waals surface area contributed by atoms with Gasteiger partial charge in [0.2, 0.25) is 5.91 Å². The number of piperazine rings is 1. The van der Waals surface area contributed by atoms with Crippen LogP contribution in [0.2, 0.25) is 0 Å². The Morgan fingerprint density at radius 2 is 1.82 bits per heavy atom. The van der Waals surface area contributed by atoms with Crippen LogP contribution in [0.1, 0.15) is 16.1 Å². The zero-order valence-corrected chi connectivity index (χ0v) is 16.2. The highest BCUT2D eigenvalue weighted by Crippen LogP contribution is 2.31. The number of halogens is 4. The third-order valence-corrected chi connectivity index (χ3v) is 4.79. The van der Waals surface area contributed by atoms with Crippen molar-refractivity contribution in [1.82, 2.24) is 10.2 Å². The lowest BCUT2D eigenvalue weighted by atomic mass is 10.1. The van der Waals surface area contributed by atoms with Gasteiger partial charge in [-0.15, -0.1) is 0 Å². The number of benzene rings is 1. The van der Waals surface area contributed by atoms with Crippen LogP contribution in [0, 0.1) is 0 Å². The number of carbonyl (C=O) groups excluding carboxylic acids is 2. The fourth-order valence-corrected chi connectivity index (χ4v) is 3.19. The van der Waals surface area contributed by atoms with Crippen LogP contribution in [0.15, 0.2) is 45.5 Å². The molecule has 6 nitrogen and oxygen atoms in total. The number of carbonyl (C=O) groups is 2. The molecule has 150 valence electrons. The summed E-state index contributed by atoms with van der Waals surface area (Å²) in [5, 5.41) is 2.49. The van der Waals surface area contributed by atoms with Crippen molar-refractivity contribution in [2.45, 2.75) is 6.18 Å². The van der Waals surface area contributed by atoms with Crippen LogP contribution in [0.3, 0.4) is 0 Å². The summed E-state index contributed by atoms with van der Waals surface area (Å²) in [6, 6.07) is 8.19. The van der Waals surface area contributed by atoms with Gasteiger partial charge in [-0.2, -0.15) is 13.2 Å². The molecule has 0 spiro atoms. The summed E-state index contributed by atoms with van der Waals surface area (Å²) in [5.41, 5.74) is -0.227. The maximum Gasteiger partial charge on any atom is 0.416 e. The number of furan rings is 1. The predicted molar refractivity (Wildman–Crippen MR) is 99.0 cm³/mol. The second-order valence-corrected chi connectivity index (χ2v) is 6.98. The van der Waals surface area contributed by atoms with Gasteiger partial charge >= 0.3 is 6.18 Å². The zero-order valence-electron chi connectivity index (χ0n) is 14.6. The number of amides is 2. The van der Waals surface area contributed by atoms with Crippen molar-refractivity contribution in [3.8, 4) is 0 Å². The van der Waals surface area contributed by atoms with E-state index < -0.39 is 17.6 Å². The van der Waals surface area contributed by atoms with Gasteiger partial charge in [-0.25, -0.2) is 0 Å². The normalized spacial score (nSPS) is 14.9. The summed E-state index contributed by atoms with van der Waals surface area (Å²) in [7, 11) is 0. The van der Waals surface area contributed by atoms with Gasteiger partial charge in [-0.05, 0) is 46.3 Å². The molecular formula is C18H17BrF3N3O3. The van der Waals surface area contributed by atoms with Crippen molar-refractivity contribution in [2.24, 2.45) is 0 Å². The number of hydrogen-bond acceptors (Lipinski definition) is 4. The Balaban J connectivity index is 1.51. The molecule has 0 bridgehead atoms. The Labute approximate surface area is 167 Å². The molecule has 3 rings (SSSR count). The summed E-state index contributed by atoms with van der Waals surface area (Å²) in [4.78, 5) is 27.5. The number of alkyl halides is 3. The smallest absolute Gasteiger partial charge is 0.416 e. The van der Waals surface area contributed by atoms with E-state index in [-0.39, 0.29) is 18.2 Å². The van der Waals surface area contributed by atoms with E-state index in [1.807, 2.05) is 0 Å². The molecule has 2 amide bonds. The van der Waals surface area contributed by atoms with E-state index in [2.05, 4.69) is 21.2 Å². The molecule has 0 aliphatic carbocycles. The van der Waals surface area contributed by atoms with Gasteiger partial charge in [0, 0.05) is 31.9 Å². The van der Waals surface area contributed by atoms with Gasteiger partial charge in [0.15, 0.2) is 10.4 Å². The first-order valence-corrected chi connectivity index (χ1v) is 9.27. The van der Waals surface area contributed by atoms with Crippen LogP contribution >= 0.6 is 15.9 Å². The quantitative estimate of drug-likeness (QED) is 0.762. The maximum absolute atomic E-state index is 12.9. The molecule has 2 aromatic rings. The number of nitrogens with one attached hydrogen (secondary N) is 1. The van der Waals surface area contributed by atoms with Crippen LogP contribution in [0.5, 0.6) is 0 Å². The third kappa shape index (κ3) is 4.86. The third-order valence-electron chi connectivity index (χ3n) is 4.37. The molecule has 10 heteroatoms. The molecule has 1 fully saturated rings. The Bertz CT molecular complexity index is 861. The fraction of sp³-hybridized carbons (Fsp3) is 0.333. The van der Waals surface area contributed by atoms with Crippen molar-refractivity contribution in [3.63, 3.8) is 0 Å². The summed E-state index contributed by atoms with van der Waals surface area (Å²) < 4.78 is 44.1. The highest BCUT2D eigenvalue weighted by molar-refractivity contribution is 9.10. The van der Waals surface area contributed by atoms with Gasteiger partial charge in [-0.1, -0.05) is 6.07 Å². The molecule has 1 N–H and O–H groups in total. The molecule has 1 aliphatic heterocycles. The van der Waals surface area contributed by atoms with Crippen LogP contribution in [-0.2, 0) is 11.0 Å². The number of nitrogens with zero attached hydrogens (tertiary/aromatic N) is 2. The molecule has 1 aromatic heterocycles. The van der Waals surface area contributed by atoms with E-state index in [0.29, 0.717) is 36.5 Å². The summed E-state index contributed by atoms with van der Waals surface area (Å²) in [6.07, 6.45) is -4.39. The van der Waals surface area contributed by atoms with E-state index in [9.17, 15) is 22.8 Å². The molecule has 0 saturated carbocycles.